The van der Waals surface area contributed by atoms with Crippen molar-refractivity contribution in [3.05, 3.63) is 28.2 Å². The normalized spacial score (nSPS) is 9.19. The Morgan fingerprint density at radius 2 is 2.19 bits per heavy atom. The molecule has 0 amide bonds. The van der Waals surface area contributed by atoms with E-state index >= 15 is 0 Å². The first-order chi connectivity index (χ1) is 7.79. The second kappa shape index (κ2) is 6.93. The third kappa shape index (κ3) is 3.61. The zero-order valence-corrected chi connectivity index (χ0v) is 10.5. The molecule has 16 heavy (non-hydrogen) atoms. The SMILES string of the molecule is C#CCCCCNc1cccc(Br)c1C#N. The van der Waals surface area contributed by atoms with Crippen LogP contribution in [0.15, 0.2) is 22.7 Å². The van der Waals surface area contributed by atoms with Gasteiger partial charge in [0.25, 0.3) is 0 Å². The number of anilines is 1. The zero-order valence-electron chi connectivity index (χ0n) is 8.96. The maximum atomic E-state index is 8.99. The molecular formula is C13H13BrN2. The van der Waals surface area contributed by atoms with Gasteiger partial charge in [0.05, 0.1) is 11.3 Å². The third-order valence-electron chi connectivity index (χ3n) is 2.19. The average molecular weight is 277 g/mol. The molecule has 1 rings (SSSR count). The number of terminal acetylenes is 1. The highest BCUT2D eigenvalue weighted by Gasteiger charge is 2.04. The van der Waals surface area contributed by atoms with Crippen molar-refractivity contribution >= 4 is 21.6 Å². The minimum atomic E-state index is 0.652. The first-order valence-corrected chi connectivity index (χ1v) is 5.95. The van der Waals surface area contributed by atoms with E-state index in [0.717, 1.165) is 36.0 Å². The molecule has 1 N–H and O–H groups in total. The monoisotopic (exact) mass is 276 g/mol. The molecule has 0 saturated carbocycles. The largest absolute Gasteiger partial charge is 0.384 e. The second-order valence-corrected chi connectivity index (χ2v) is 4.22. The molecule has 3 heteroatoms. The Hall–Kier alpha value is -1.45. The van der Waals surface area contributed by atoms with Crippen LogP contribution in [0.1, 0.15) is 24.8 Å². The van der Waals surface area contributed by atoms with Gasteiger partial charge in [0, 0.05) is 17.4 Å². The van der Waals surface area contributed by atoms with Crippen LogP contribution in [0.3, 0.4) is 0 Å². The summed E-state index contributed by atoms with van der Waals surface area (Å²) in [5.41, 5.74) is 1.53. The summed E-state index contributed by atoms with van der Waals surface area (Å²) in [6.07, 6.45) is 8.01. The van der Waals surface area contributed by atoms with E-state index in [0.29, 0.717) is 5.56 Å². The molecule has 0 aliphatic rings. The van der Waals surface area contributed by atoms with E-state index in [-0.39, 0.29) is 0 Å². The van der Waals surface area contributed by atoms with Gasteiger partial charge >= 0.3 is 0 Å². The van der Waals surface area contributed by atoms with E-state index in [2.05, 4.69) is 33.2 Å². The highest BCUT2D eigenvalue weighted by atomic mass is 79.9. The molecule has 0 aliphatic heterocycles. The van der Waals surface area contributed by atoms with Gasteiger partial charge in [-0.15, -0.1) is 12.3 Å². The van der Waals surface area contributed by atoms with E-state index in [1.165, 1.54) is 0 Å². The molecule has 0 aliphatic carbocycles. The van der Waals surface area contributed by atoms with Crippen LogP contribution >= 0.6 is 15.9 Å². The summed E-state index contributed by atoms with van der Waals surface area (Å²) in [6, 6.07) is 7.86. The number of rotatable bonds is 5. The Kier molecular flexibility index (Phi) is 5.46. The fourth-order valence-corrected chi connectivity index (χ4v) is 1.82. The van der Waals surface area contributed by atoms with Crippen LogP contribution in [0.25, 0.3) is 0 Å². The quantitative estimate of drug-likeness (QED) is 0.660. The predicted molar refractivity (Wildman–Crippen MR) is 70.0 cm³/mol. The van der Waals surface area contributed by atoms with Crippen molar-refractivity contribution in [2.24, 2.45) is 0 Å². The van der Waals surface area contributed by atoms with Gasteiger partial charge in [0.15, 0.2) is 0 Å². The topological polar surface area (TPSA) is 35.8 Å². The van der Waals surface area contributed by atoms with Crippen molar-refractivity contribution in [1.82, 2.24) is 0 Å². The number of nitrogens with one attached hydrogen (secondary N) is 1. The number of hydrogen-bond acceptors (Lipinski definition) is 2. The van der Waals surface area contributed by atoms with Crippen LogP contribution in [0, 0.1) is 23.7 Å². The summed E-state index contributed by atoms with van der Waals surface area (Å²) in [5, 5.41) is 12.2. The standard InChI is InChI=1S/C13H13BrN2/c1-2-3-4-5-9-16-13-8-6-7-12(14)11(13)10-15/h1,6-8,16H,3-5,9H2. The molecule has 2 nitrogen and oxygen atoms in total. The molecule has 0 bridgehead atoms. The molecule has 1 aromatic rings. The van der Waals surface area contributed by atoms with Gasteiger partial charge in [-0.2, -0.15) is 5.26 Å². The lowest BCUT2D eigenvalue weighted by Gasteiger charge is -2.08. The number of benzene rings is 1. The van der Waals surface area contributed by atoms with Crippen molar-refractivity contribution in [2.45, 2.75) is 19.3 Å². The lowest BCUT2D eigenvalue weighted by atomic mass is 10.2. The summed E-state index contributed by atoms with van der Waals surface area (Å²) in [4.78, 5) is 0. The van der Waals surface area contributed by atoms with Gasteiger partial charge in [-0.3, -0.25) is 0 Å². The Labute approximate surface area is 105 Å². The zero-order chi connectivity index (χ0) is 11.8. The highest BCUT2D eigenvalue weighted by molar-refractivity contribution is 9.10. The number of nitrogens with zero attached hydrogens (tertiary/aromatic N) is 1. The Balaban J connectivity index is 2.52. The number of unbranched alkanes of at least 4 members (excludes halogenated alkanes) is 2. The van der Waals surface area contributed by atoms with Crippen molar-refractivity contribution in [1.29, 1.82) is 5.26 Å². The van der Waals surface area contributed by atoms with Gasteiger partial charge in [0.2, 0.25) is 0 Å². The van der Waals surface area contributed by atoms with Crippen LogP contribution in [0.5, 0.6) is 0 Å². The van der Waals surface area contributed by atoms with Gasteiger partial charge in [-0.25, -0.2) is 0 Å². The van der Waals surface area contributed by atoms with Gasteiger partial charge in [0.1, 0.15) is 6.07 Å². The van der Waals surface area contributed by atoms with E-state index in [9.17, 15) is 0 Å². The molecular weight excluding hydrogens is 264 g/mol. The third-order valence-corrected chi connectivity index (χ3v) is 2.85. The molecule has 0 atom stereocenters. The summed E-state index contributed by atoms with van der Waals surface area (Å²) in [6.45, 7) is 0.840. The molecule has 0 fully saturated rings. The minimum absolute atomic E-state index is 0.652. The van der Waals surface area contributed by atoms with Crippen LogP contribution in [0.2, 0.25) is 0 Å². The minimum Gasteiger partial charge on any atom is -0.384 e. The molecule has 0 unspecified atom stereocenters. The summed E-state index contributed by atoms with van der Waals surface area (Å²) >= 11 is 3.35. The highest BCUT2D eigenvalue weighted by Crippen LogP contribution is 2.23. The number of halogens is 1. The van der Waals surface area contributed by atoms with E-state index in [1.807, 2.05) is 18.2 Å². The molecule has 0 spiro atoms. The Morgan fingerprint density at radius 1 is 1.38 bits per heavy atom. The number of nitriles is 1. The molecule has 0 aromatic heterocycles. The van der Waals surface area contributed by atoms with Crippen LogP contribution in [0.4, 0.5) is 5.69 Å². The Morgan fingerprint density at radius 3 is 2.88 bits per heavy atom. The number of hydrogen-bond donors (Lipinski definition) is 1. The molecule has 0 heterocycles. The molecule has 1 aromatic carbocycles. The average Bonchev–Trinajstić information content (AvgIpc) is 2.29. The van der Waals surface area contributed by atoms with E-state index in [4.69, 9.17) is 11.7 Å². The maximum absolute atomic E-state index is 8.99. The van der Waals surface area contributed by atoms with Crippen molar-refractivity contribution < 1.29 is 0 Å². The molecule has 82 valence electrons. The van der Waals surface area contributed by atoms with Crippen molar-refractivity contribution in [3.63, 3.8) is 0 Å². The van der Waals surface area contributed by atoms with Gasteiger partial charge in [-0.05, 0) is 40.9 Å². The van der Waals surface area contributed by atoms with Crippen molar-refractivity contribution in [3.8, 4) is 18.4 Å². The van der Waals surface area contributed by atoms with Crippen LogP contribution in [-0.4, -0.2) is 6.54 Å². The smallest absolute Gasteiger partial charge is 0.103 e. The molecule has 0 radical (unpaired) electrons. The summed E-state index contributed by atoms with van der Waals surface area (Å²) in [5.74, 6) is 2.61. The fraction of sp³-hybridized carbons (Fsp3) is 0.308. The van der Waals surface area contributed by atoms with E-state index in [1.54, 1.807) is 0 Å². The first-order valence-electron chi connectivity index (χ1n) is 5.15. The van der Waals surface area contributed by atoms with Gasteiger partial charge < -0.3 is 5.32 Å². The predicted octanol–water partition coefficient (Wildman–Crippen LogP) is 3.54. The summed E-state index contributed by atoms with van der Waals surface area (Å²) in [7, 11) is 0. The van der Waals surface area contributed by atoms with Gasteiger partial charge in [-0.1, -0.05) is 6.07 Å². The van der Waals surface area contributed by atoms with Crippen LogP contribution in [-0.2, 0) is 0 Å². The lowest BCUT2D eigenvalue weighted by Crippen LogP contribution is -2.03. The maximum Gasteiger partial charge on any atom is 0.103 e. The van der Waals surface area contributed by atoms with E-state index < -0.39 is 0 Å². The molecule has 0 saturated heterocycles. The fourth-order valence-electron chi connectivity index (χ4n) is 1.36. The second-order valence-electron chi connectivity index (χ2n) is 3.36. The van der Waals surface area contributed by atoms with Crippen LogP contribution < -0.4 is 5.32 Å². The van der Waals surface area contributed by atoms with Crippen molar-refractivity contribution in [2.75, 3.05) is 11.9 Å². The first kappa shape index (κ1) is 12.6. The lowest BCUT2D eigenvalue weighted by molar-refractivity contribution is 0.789. The summed E-state index contributed by atoms with van der Waals surface area (Å²) < 4.78 is 0.823. The Bertz CT molecular complexity index is 427.